The lowest BCUT2D eigenvalue weighted by Crippen LogP contribution is -1.90. The Hall–Kier alpha value is -2.94. The Morgan fingerprint density at radius 3 is 2.43 bits per heavy atom. The highest BCUT2D eigenvalue weighted by atomic mass is 15.2. The fraction of sp³-hybridized carbons (Fsp3) is 0. The average Bonchev–Trinajstić information content (AvgIpc) is 2.97. The van der Waals surface area contributed by atoms with Crippen LogP contribution in [0.4, 0.5) is 0 Å². The van der Waals surface area contributed by atoms with Gasteiger partial charge in [-0.05, 0) is 35.2 Å². The van der Waals surface area contributed by atoms with E-state index in [2.05, 4.69) is 51.0 Å². The third-order valence-electron chi connectivity index (χ3n) is 3.53. The Balaban J connectivity index is 1.89. The molecule has 0 unspecified atom stereocenters. The van der Waals surface area contributed by atoms with E-state index in [1.807, 2.05) is 42.5 Å². The van der Waals surface area contributed by atoms with Crippen molar-refractivity contribution in [3.05, 3.63) is 78.1 Å². The molecule has 21 heavy (non-hydrogen) atoms. The van der Waals surface area contributed by atoms with Gasteiger partial charge < -0.3 is 0 Å². The minimum atomic E-state index is 0.839. The maximum Gasteiger partial charge on any atom is 0.161 e. The molecule has 0 aliphatic carbocycles. The summed E-state index contributed by atoms with van der Waals surface area (Å²) in [4.78, 5) is 0. The van der Waals surface area contributed by atoms with Gasteiger partial charge >= 0.3 is 0 Å². The van der Waals surface area contributed by atoms with Crippen LogP contribution in [0.1, 0.15) is 11.4 Å². The number of pyridine rings is 1. The number of aromatic nitrogens is 3. The molecule has 0 amide bonds. The molecule has 0 saturated heterocycles. The second kappa shape index (κ2) is 4.87. The summed E-state index contributed by atoms with van der Waals surface area (Å²) in [6.45, 7) is 0. The van der Waals surface area contributed by atoms with E-state index in [1.165, 1.54) is 5.39 Å². The topological polar surface area (TPSA) is 30.2 Å². The van der Waals surface area contributed by atoms with Crippen molar-refractivity contribution < 1.29 is 0 Å². The van der Waals surface area contributed by atoms with E-state index in [4.69, 9.17) is 0 Å². The molecular formula is C18H13N3. The van der Waals surface area contributed by atoms with Gasteiger partial charge in [-0.3, -0.25) is 4.40 Å². The minimum Gasteiger partial charge on any atom is -0.275 e. The Labute approximate surface area is 122 Å². The largest absolute Gasteiger partial charge is 0.275 e. The molecule has 0 radical (unpaired) electrons. The van der Waals surface area contributed by atoms with Crippen molar-refractivity contribution >= 4 is 28.7 Å². The lowest BCUT2D eigenvalue weighted by Gasteiger charge is -2.02. The summed E-state index contributed by atoms with van der Waals surface area (Å²) in [7, 11) is 0. The van der Waals surface area contributed by atoms with Crippen LogP contribution in [-0.4, -0.2) is 14.6 Å². The molecule has 2 aromatic carbocycles. The molecule has 0 spiro atoms. The van der Waals surface area contributed by atoms with E-state index in [0.29, 0.717) is 0 Å². The summed E-state index contributed by atoms with van der Waals surface area (Å²) in [5, 5.41) is 9.71. The first-order valence-corrected chi connectivity index (χ1v) is 6.88. The third-order valence-corrected chi connectivity index (χ3v) is 3.53. The Kier molecular flexibility index (Phi) is 2.75. The summed E-state index contributed by atoms with van der Waals surface area (Å²) in [5.74, 6) is 0.839. The van der Waals surface area contributed by atoms with Gasteiger partial charge in [0.1, 0.15) is 0 Å². The van der Waals surface area contributed by atoms with E-state index in [0.717, 1.165) is 22.6 Å². The van der Waals surface area contributed by atoms with E-state index in [9.17, 15) is 0 Å². The smallest absolute Gasteiger partial charge is 0.161 e. The van der Waals surface area contributed by atoms with Crippen LogP contribution in [-0.2, 0) is 0 Å². The highest BCUT2D eigenvalue weighted by Crippen LogP contribution is 2.18. The molecule has 4 aromatic rings. The summed E-state index contributed by atoms with van der Waals surface area (Å²) in [6, 6.07) is 22.5. The first kappa shape index (κ1) is 11.9. The molecule has 0 saturated carbocycles. The molecule has 3 nitrogen and oxygen atoms in total. The Morgan fingerprint density at radius 2 is 1.52 bits per heavy atom. The fourth-order valence-corrected chi connectivity index (χ4v) is 2.50. The van der Waals surface area contributed by atoms with Crippen LogP contribution in [0, 0.1) is 0 Å². The van der Waals surface area contributed by atoms with Gasteiger partial charge in [0.15, 0.2) is 11.5 Å². The molecule has 2 aromatic heterocycles. The van der Waals surface area contributed by atoms with E-state index >= 15 is 0 Å². The molecule has 100 valence electrons. The van der Waals surface area contributed by atoms with Crippen molar-refractivity contribution in [2.75, 3.05) is 0 Å². The van der Waals surface area contributed by atoms with Gasteiger partial charge in [-0.2, -0.15) is 0 Å². The van der Waals surface area contributed by atoms with Crippen molar-refractivity contribution in [1.82, 2.24) is 14.6 Å². The number of fused-ring (bicyclic) bond motifs is 3. The molecule has 2 heterocycles. The lowest BCUT2D eigenvalue weighted by molar-refractivity contribution is 1.09. The van der Waals surface area contributed by atoms with Crippen molar-refractivity contribution in [1.29, 1.82) is 0 Å². The summed E-state index contributed by atoms with van der Waals surface area (Å²) in [5.41, 5.74) is 3.13. The maximum atomic E-state index is 4.29. The molecule has 0 fully saturated rings. The highest BCUT2D eigenvalue weighted by molar-refractivity contribution is 5.83. The zero-order valence-electron chi connectivity index (χ0n) is 11.3. The van der Waals surface area contributed by atoms with Gasteiger partial charge in [-0.1, -0.05) is 54.6 Å². The van der Waals surface area contributed by atoms with Gasteiger partial charge in [0.05, 0.1) is 5.52 Å². The zero-order valence-corrected chi connectivity index (χ0v) is 11.3. The second-order valence-corrected chi connectivity index (χ2v) is 4.89. The Morgan fingerprint density at radius 1 is 0.714 bits per heavy atom. The number of hydrogen-bond donors (Lipinski definition) is 0. The normalized spacial score (nSPS) is 11.6. The van der Waals surface area contributed by atoms with E-state index in [-0.39, 0.29) is 0 Å². The minimum absolute atomic E-state index is 0.839. The predicted octanol–water partition coefficient (Wildman–Crippen LogP) is 4.05. The predicted molar refractivity (Wildman–Crippen MR) is 85.9 cm³/mol. The van der Waals surface area contributed by atoms with Crippen molar-refractivity contribution in [2.24, 2.45) is 0 Å². The summed E-state index contributed by atoms with van der Waals surface area (Å²) in [6.07, 6.45) is 4.06. The van der Waals surface area contributed by atoms with Gasteiger partial charge in [0, 0.05) is 0 Å². The van der Waals surface area contributed by atoms with Crippen molar-refractivity contribution in [2.45, 2.75) is 0 Å². The lowest BCUT2D eigenvalue weighted by atomic mass is 10.2. The molecule has 0 aliphatic heterocycles. The standard InChI is InChI=1S/C18H13N3/c1-2-6-14(7-3-1)10-12-17-19-20-18-13-11-15-8-4-5-9-16(15)21(17)18/h1-13H/b12-10+. The molecule has 0 N–H and O–H groups in total. The number of nitrogens with zero attached hydrogens (tertiary/aromatic N) is 3. The first-order chi connectivity index (χ1) is 10.4. The number of benzene rings is 2. The third kappa shape index (κ3) is 2.09. The van der Waals surface area contributed by atoms with Crippen LogP contribution in [0.15, 0.2) is 66.7 Å². The van der Waals surface area contributed by atoms with Crippen LogP contribution in [0.25, 0.3) is 28.7 Å². The van der Waals surface area contributed by atoms with Crippen molar-refractivity contribution in [3.63, 3.8) is 0 Å². The zero-order chi connectivity index (χ0) is 14.1. The van der Waals surface area contributed by atoms with Crippen LogP contribution in [0.3, 0.4) is 0 Å². The molecule has 3 heteroatoms. The molecule has 0 bridgehead atoms. The molecule has 0 aliphatic rings. The molecule has 4 rings (SSSR count). The first-order valence-electron chi connectivity index (χ1n) is 6.88. The van der Waals surface area contributed by atoms with Gasteiger partial charge in [-0.25, -0.2) is 0 Å². The average molecular weight is 271 g/mol. The quantitative estimate of drug-likeness (QED) is 0.550. The fourth-order valence-electron chi connectivity index (χ4n) is 2.50. The van der Waals surface area contributed by atoms with Crippen LogP contribution in [0.2, 0.25) is 0 Å². The molecular weight excluding hydrogens is 258 g/mol. The SMILES string of the molecule is C(=C\c1nnc2ccc3ccccc3n12)/c1ccccc1. The van der Waals surface area contributed by atoms with E-state index in [1.54, 1.807) is 0 Å². The number of rotatable bonds is 2. The number of hydrogen-bond acceptors (Lipinski definition) is 2. The summed E-state index contributed by atoms with van der Waals surface area (Å²) < 4.78 is 2.08. The van der Waals surface area contributed by atoms with Gasteiger partial charge in [0.25, 0.3) is 0 Å². The van der Waals surface area contributed by atoms with Crippen molar-refractivity contribution in [3.8, 4) is 0 Å². The molecule has 0 atom stereocenters. The van der Waals surface area contributed by atoms with Gasteiger partial charge in [-0.15, -0.1) is 10.2 Å². The van der Waals surface area contributed by atoms with E-state index < -0.39 is 0 Å². The van der Waals surface area contributed by atoms with Gasteiger partial charge in [0.2, 0.25) is 0 Å². The Bertz CT molecular complexity index is 936. The highest BCUT2D eigenvalue weighted by Gasteiger charge is 2.05. The number of para-hydroxylation sites is 1. The van der Waals surface area contributed by atoms with Crippen LogP contribution < -0.4 is 0 Å². The van der Waals surface area contributed by atoms with Crippen LogP contribution in [0.5, 0.6) is 0 Å². The maximum absolute atomic E-state index is 4.29. The second-order valence-electron chi connectivity index (χ2n) is 4.89. The summed E-state index contributed by atoms with van der Waals surface area (Å²) >= 11 is 0. The monoisotopic (exact) mass is 271 g/mol. The van der Waals surface area contributed by atoms with Crippen LogP contribution >= 0.6 is 0 Å².